The lowest BCUT2D eigenvalue weighted by Gasteiger charge is -2.04. The molecule has 0 aromatic heterocycles. The molecule has 0 radical (unpaired) electrons. The van der Waals surface area contributed by atoms with Gasteiger partial charge < -0.3 is 4.74 Å². The molecule has 0 saturated heterocycles. The van der Waals surface area contributed by atoms with E-state index < -0.39 is 0 Å². The number of hydrogen-bond donors (Lipinski definition) is 0. The molecule has 1 aromatic carbocycles. The summed E-state index contributed by atoms with van der Waals surface area (Å²) >= 11 is 9.26. The van der Waals surface area contributed by atoms with E-state index in [2.05, 4.69) is 15.9 Å². The van der Waals surface area contributed by atoms with Crippen molar-refractivity contribution in [2.75, 3.05) is 6.61 Å². The van der Waals surface area contributed by atoms with Crippen LogP contribution in [-0.4, -0.2) is 12.6 Å². The Balaban J connectivity index is 2.76. The van der Waals surface area contributed by atoms with Gasteiger partial charge in [-0.25, -0.2) is 0 Å². The molecule has 0 saturated carbocycles. The highest BCUT2D eigenvalue weighted by Crippen LogP contribution is 2.17. The van der Waals surface area contributed by atoms with Crippen molar-refractivity contribution in [3.8, 4) is 0 Å². The third-order valence-electron chi connectivity index (χ3n) is 1.83. The van der Waals surface area contributed by atoms with Crippen LogP contribution in [-0.2, 0) is 21.3 Å². The summed E-state index contributed by atoms with van der Waals surface area (Å²) in [6, 6.07) is 5.59. The predicted octanol–water partition coefficient (Wildman–Crippen LogP) is 3.34. The van der Waals surface area contributed by atoms with E-state index in [0.29, 0.717) is 11.6 Å². The maximum atomic E-state index is 11.2. The van der Waals surface area contributed by atoms with Gasteiger partial charge in [0.1, 0.15) is 0 Å². The van der Waals surface area contributed by atoms with Crippen LogP contribution in [0.25, 0.3) is 0 Å². The van der Waals surface area contributed by atoms with Gasteiger partial charge in [0.25, 0.3) is 0 Å². The summed E-state index contributed by atoms with van der Waals surface area (Å²) < 4.78 is 4.87. The fourth-order valence-electron chi connectivity index (χ4n) is 1.28. The molecule has 0 bridgehead atoms. The molecule has 82 valence electrons. The van der Waals surface area contributed by atoms with Crippen LogP contribution in [0.3, 0.4) is 0 Å². The summed E-state index contributed by atoms with van der Waals surface area (Å²) in [5.41, 5.74) is 1.94. The first kappa shape index (κ1) is 12.5. The van der Waals surface area contributed by atoms with E-state index in [1.54, 1.807) is 13.0 Å². The van der Waals surface area contributed by atoms with Crippen molar-refractivity contribution in [1.29, 1.82) is 0 Å². The third kappa shape index (κ3) is 4.22. The van der Waals surface area contributed by atoms with Crippen LogP contribution < -0.4 is 0 Å². The van der Waals surface area contributed by atoms with Crippen molar-refractivity contribution in [1.82, 2.24) is 0 Å². The minimum absolute atomic E-state index is 0.222. The number of rotatable bonds is 4. The van der Waals surface area contributed by atoms with Crippen LogP contribution in [0, 0.1) is 0 Å². The zero-order valence-electron chi connectivity index (χ0n) is 8.43. The first-order valence-corrected chi connectivity index (χ1v) is 6.15. The van der Waals surface area contributed by atoms with E-state index in [-0.39, 0.29) is 12.4 Å². The second-order valence-electron chi connectivity index (χ2n) is 3.08. The summed E-state index contributed by atoms with van der Waals surface area (Å²) in [7, 11) is 0. The van der Waals surface area contributed by atoms with E-state index in [1.165, 1.54) is 0 Å². The van der Waals surface area contributed by atoms with Crippen molar-refractivity contribution in [2.45, 2.75) is 18.7 Å². The highest BCUT2D eigenvalue weighted by atomic mass is 79.9. The second kappa shape index (κ2) is 6.13. The Hall–Kier alpha value is -0.540. The maximum Gasteiger partial charge on any atom is 0.310 e. The molecule has 0 unspecified atom stereocenters. The van der Waals surface area contributed by atoms with E-state index in [0.717, 1.165) is 16.5 Å². The molecule has 0 spiro atoms. The summed E-state index contributed by atoms with van der Waals surface area (Å²) in [4.78, 5) is 11.2. The fraction of sp³-hybridized carbons (Fsp3) is 0.364. The lowest BCUT2D eigenvalue weighted by atomic mass is 10.1. The smallest absolute Gasteiger partial charge is 0.310 e. The molecule has 0 heterocycles. The van der Waals surface area contributed by atoms with Crippen LogP contribution in [0.1, 0.15) is 18.1 Å². The molecular formula is C11H12BrClO2. The molecular weight excluding hydrogens is 279 g/mol. The molecule has 0 atom stereocenters. The average Bonchev–Trinajstić information content (AvgIpc) is 2.17. The second-order valence-corrected chi connectivity index (χ2v) is 4.08. The normalized spacial score (nSPS) is 10.1. The standard InChI is InChI=1S/C11H12BrClO2/c1-2-15-11(14)6-8-3-9(7-12)5-10(13)4-8/h3-5H,2,6-7H2,1H3. The van der Waals surface area contributed by atoms with Crippen LogP contribution in [0.4, 0.5) is 0 Å². The zero-order chi connectivity index (χ0) is 11.3. The van der Waals surface area contributed by atoms with E-state index in [1.807, 2.05) is 12.1 Å². The minimum Gasteiger partial charge on any atom is -0.466 e. The van der Waals surface area contributed by atoms with E-state index >= 15 is 0 Å². The van der Waals surface area contributed by atoms with Gasteiger partial charge in [0.05, 0.1) is 13.0 Å². The molecule has 0 amide bonds. The quantitative estimate of drug-likeness (QED) is 0.628. The van der Waals surface area contributed by atoms with Crippen molar-refractivity contribution in [3.05, 3.63) is 34.3 Å². The molecule has 4 heteroatoms. The first-order valence-electron chi connectivity index (χ1n) is 4.65. The summed E-state index contributed by atoms with van der Waals surface area (Å²) in [5.74, 6) is -0.222. The largest absolute Gasteiger partial charge is 0.466 e. The molecule has 0 aliphatic heterocycles. The van der Waals surface area contributed by atoms with Crippen molar-refractivity contribution < 1.29 is 9.53 Å². The van der Waals surface area contributed by atoms with Crippen LogP contribution >= 0.6 is 27.5 Å². The Morgan fingerprint density at radius 1 is 1.40 bits per heavy atom. The van der Waals surface area contributed by atoms with Crippen molar-refractivity contribution >= 4 is 33.5 Å². The zero-order valence-corrected chi connectivity index (χ0v) is 10.8. The molecule has 0 aliphatic rings. The van der Waals surface area contributed by atoms with E-state index in [4.69, 9.17) is 16.3 Å². The lowest BCUT2D eigenvalue weighted by Crippen LogP contribution is -2.07. The Bertz CT molecular complexity index is 352. The summed E-state index contributed by atoms with van der Waals surface area (Å²) in [6.45, 7) is 2.20. The van der Waals surface area contributed by atoms with Crippen LogP contribution in [0.2, 0.25) is 5.02 Å². The summed E-state index contributed by atoms with van der Waals surface area (Å²) in [6.07, 6.45) is 0.272. The van der Waals surface area contributed by atoms with Crippen LogP contribution in [0.5, 0.6) is 0 Å². The molecule has 0 fully saturated rings. The Morgan fingerprint density at radius 3 is 2.67 bits per heavy atom. The SMILES string of the molecule is CCOC(=O)Cc1cc(Cl)cc(CBr)c1. The minimum atomic E-state index is -0.222. The van der Waals surface area contributed by atoms with Gasteiger partial charge in [-0.2, -0.15) is 0 Å². The number of hydrogen-bond acceptors (Lipinski definition) is 2. The molecule has 1 rings (SSSR count). The van der Waals surface area contributed by atoms with Gasteiger partial charge in [0.2, 0.25) is 0 Å². The molecule has 2 nitrogen and oxygen atoms in total. The maximum absolute atomic E-state index is 11.2. The average molecular weight is 292 g/mol. The van der Waals surface area contributed by atoms with Crippen molar-refractivity contribution in [3.63, 3.8) is 0 Å². The van der Waals surface area contributed by atoms with Gasteiger partial charge in [-0.3, -0.25) is 4.79 Å². The van der Waals surface area contributed by atoms with Gasteiger partial charge in [0, 0.05) is 10.4 Å². The fourth-order valence-corrected chi connectivity index (χ4v) is 1.88. The number of carbonyl (C=O) groups is 1. The highest BCUT2D eigenvalue weighted by molar-refractivity contribution is 9.08. The lowest BCUT2D eigenvalue weighted by molar-refractivity contribution is -0.142. The molecule has 15 heavy (non-hydrogen) atoms. The van der Waals surface area contributed by atoms with Gasteiger partial charge in [-0.1, -0.05) is 33.6 Å². The Labute approximate surface area is 103 Å². The van der Waals surface area contributed by atoms with Gasteiger partial charge >= 0.3 is 5.97 Å². The number of carbonyl (C=O) groups excluding carboxylic acids is 1. The number of benzene rings is 1. The Morgan fingerprint density at radius 2 is 2.07 bits per heavy atom. The summed E-state index contributed by atoms with van der Waals surface area (Å²) in [5, 5.41) is 1.37. The molecule has 0 aliphatic carbocycles. The van der Waals surface area contributed by atoms with Crippen molar-refractivity contribution in [2.24, 2.45) is 0 Å². The topological polar surface area (TPSA) is 26.3 Å². The number of alkyl halides is 1. The third-order valence-corrected chi connectivity index (χ3v) is 2.69. The number of ether oxygens (including phenoxy) is 1. The van der Waals surface area contributed by atoms with Crippen LogP contribution in [0.15, 0.2) is 18.2 Å². The highest BCUT2D eigenvalue weighted by Gasteiger charge is 2.05. The predicted molar refractivity (Wildman–Crippen MR) is 64.4 cm³/mol. The Kier molecular flexibility index (Phi) is 5.12. The number of esters is 1. The monoisotopic (exact) mass is 290 g/mol. The number of halogens is 2. The van der Waals surface area contributed by atoms with E-state index in [9.17, 15) is 4.79 Å². The molecule has 0 N–H and O–H groups in total. The van der Waals surface area contributed by atoms with Gasteiger partial charge in [-0.15, -0.1) is 0 Å². The van der Waals surface area contributed by atoms with Gasteiger partial charge in [-0.05, 0) is 30.2 Å². The first-order chi connectivity index (χ1) is 7.15. The molecule has 1 aromatic rings. The van der Waals surface area contributed by atoms with Gasteiger partial charge in [0.15, 0.2) is 0 Å².